The van der Waals surface area contributed by atoms with Gasteiger partial charge in [-0.3, -0.25) is 4.79 Å². The van der Waals surface area contributed by atoms with Gasteiger partial charge in [0.05, 0.1) is 23.6 Å². The largest absolute Gasteiger partial charge is 0.490 e. The van der Waals surface area contributed by atoms with Crippen LogP contribution in [0.1, 0.15) is 46.4 Å². The number of carbonyl (C=O) groups is 2. The monoisotopic (exact) mass is 411 g/mol. The van der Waals surface area contributed by atoms with Crippen LogP contribution in [0.4, 0.5) is 0 Å². The van der Waals surface area contributed by atoms with E-state index in [4.69, 9.17) is 9.47 Å². The summed E-state index contributed by atoms with van der Waals surface area (Å²) in [5.41, 5.74) is 1.28. The lowest BCUT2D eigenvalue weighted by atomic mass is 9.90. The van der Waals surface area contributed by atoms with Crippen molar-refractivity contribution in [1.82, 2.24) is 4.90 Å². The Morgan fingerprint density at radius 2 is 1.69 bits per heavy atom. The molecule has 6 heteroatoms. The van der Waals surface area contributed by atoms with Crippen molar-refractivity contribution in [3.8, 4) is 5.75 Å². The molecule has 0 aromatic heterocycles. The van der Waals surface area contributed by atoms with Gasteiger partial charge in [-0.1, -0.05) is 18.2 Å². The Bertz CT molecular complexity index is 860. The first-order chi connectivity index (χ1) is 14.1. The third kappa shape index (κ3) is 4.13. The summed E-state index contributed by atoms with van der Waals surface area (Å²) in [7, 11) is 1.37. The molecule has 2 fully saturated rings. The maximum absolute atomic E-state index is 13.0. The highest BCUT2D eigenvalue weighted by molar-refractivity contribution is 8.00. The minimum atomic E-state index is -0.349. The van der Waals surface area contributed by atoms with E-state index < -0.39 is 0 Å². The Balaban J connectivity index is 1.38. The molecule has 0 unspecified atom stereocenters. The molecule has 29 heavy (non-hydrogen) atoms. The van der Waals surface area contributed by atoms with Crippen molar-refractivity contribution in [3.05, 3.63) is 65.7 Å². The van der Waals surface area contributed by atoms with Gasteiger partial charge in [-0.25, -0.2) is 4.79 Å². The maximum Gasteiger partial charge on any atom is 0.337 e. The molecule has 1 spiro atoms. The van der Waals surface area contributed by atoms with Crippen molar-refractivity contribution in [2.24, 2.45) is 0 Å². The van der Waals surface area contributed by atoms with E-state index in [9.17, 15) is 9.59 Å². The van der Waals surface area contributed by atoms with Gasteiger partial charge in [0.15, 0.2) is 0 Å². The number of ether oxygens (including phenoxy) is 2. The first kappa shape index (κ1) is 19.8. The Labute approximate surface area is 175 Å². The zero-order valence-corrected chi connectivity index (χ0v) is 17.3. The van der Waals surface area contributed by atoms with Crippen molar-refractivity contribution in [3.63, 3.8) is 0 Å². The summed E-state index contributed by atoms with van der Waals surface area (Å²) >= 11 is 1.91. The number of hydrogen-bond donors (Lipinski definition) is 0. The van der Waals surface area contributed by atoms with Gasteiger partial charge in [-0.2, -0.15) is 0 Å². The van der Waals surface area contributed by atoms with Crippen molar-refractivity contribution >= 4 is 23.6 Å². The summed E-state index contributed by atoms with van der Waals surface area (Å²) < 4.78 is 10.9. The van der Waals surface area contributed by atoms with Crippen molar-refractivity contribution in [2.75, 3.05) is 19.4 Å². The van der Waals surface area contributed by atoms with Crippen LogP contribution in [0, 0.1) is 0 Å². The summed E-state index contributed by atoms with van der Waals surface area (Å²) in [5, 5.41) is 0. The van der Waals surface area contributed by atoms with E-state index in [0.29, 0.717) is 5.56 Å². The second-order valence-corrected chi connectivity index (χ2v) is 8.91. The summed E-state index contributed by atoms with van der Waals surface area (Å²) in [6.07, 6.45) is 3.80. The topological polar surface area (TPSA) is 55.8 Å². The van der Waals surface area contributed by atoms with Crippen LogP contribution in [0.15, 0.2) is 54.6 Å². The van der Waals surface area contributed by atoms with Crippen LogP contribution in [-0.4, -0.2) is 47.2 Å². The van der Waals surface area contributed by atoms with Gasteiger partial charge in [-0.15, -0.1) is 11.8 Å². The lowest BCUT2D eigenvalue weighted by Gasteiger charge is -2.42. The highest BCUT2D eigenvalue weighted by atomic mass is 32.2. The van der Waals surface area contributed by atoms with E-state index in [2.05, 4.69) is 4.90 Å². The van der Waals surface area contributed by atoms with Crippen LogP contribution in [0.5, 0.6) is 5.75 Å². The fraction of sp³-hybridized carbons (Fsp3) is 0.391. The molecule has 1 aliphatic heterocycles. The number of carbonyl (C=O) groups excluding carboxylic acids is 2. The van der Waals surface area contributed by atoms with E-state index in [0.717, 1.165) is 49.3 Å². The first-order valence-electron chi connectivity index (χ1n) is 9.97. The second kappa shape index (κ2) is 8.49. The molecule has 2 aliphatic rings. The first-order valence-corrected chi connectivity index (χ1v) is 11.0. The van der Waals surface area contributed by atoms with Gasteiger partial charge in [0.2, 0.25) is 0 Å². The van der Waals surface area contributed by atoms with Crippen molar-refractivity contribution < 1.29 is 19.1 Å². The van der Waals surface area contributed by atoms with E-state index >= 15 is 0 Å². The molecule has 1 heterocycles. The van der Waals surface area contributed by atoms with Gasteiger partial charge in [0.25, 0.3) is 5.91 Å². The number of rotatable bonds is 4. The van der Waals surface area contributed by atoms with Crippen molar-refractivity contribution in [1.29, 1.82) is 0 Å². The lowest BCUT2D eigenvalue weighted by Crippen LogP contribution is -2.49. The van der Waals surface area contributed by atoms with Gasteiger partial charge in [0.1, 0.15) is 5.75 Å². The molecule has 0 bridgehead atoms. The van der Waals surface area contributed by atoms with Gasteiger partial charge < -0.3 is 14.4 Å². The molecule has 4 rings (SSSR count). The predicted octanol–water partition coefficient (Wildman–Crippen LogP) is 4.38. The van der Waals surface area contributed by atoms with Crippen LogP contribution < -0.4 is 4.74 Å². The summed E-state index contributed by atoms with van der Waals surface area (Å²) in [4.78, 5) is 26.6. The minimum Gasteiger partial charge on any atom is -0.490 e. The predicted molar refractivity (Wildman–Crippen MR) is 113 cm³/mol. The number of esters is 1. The molecule has 1 amide bonds. The van der Waals surface area contributed by atoms with E-state index in [1.807, 2.05) is 54.2 Å². The smallest absolute Gasteiger partial charge is 0.337 e. The molecule has 0 atom stereocenters. The van der Waals surface area contributed by atoms with Crippen LogP contribution in [-0.2, 0) is 4.74 Å². The van der Waals surface area contributed by atoms with Crippen molar-refractivity contribution in [2.45, 2.75) is 36.7 Å². The molecule has 2 aromatic carbocycles. The summed E-state index contributed by atoms with van der Waals surface area (Å²) in [6.45, 7) is 0.804. The molecule has 1 saturated heterocycles. The third-order valence-electron chi connectivity index (χ3n) is 5.74. The Hall–Kier alpha value is -2.47. The quantitative estimate of drug-likeness (QED) is 0.699. The Morgan fingerprint density at radius 1 is 1.00 bits per heavy atom. The van der Waals surface area contributed by atoms with E-state index in [-0.39, 0.29) is 22.9 Å². The van der Waals surface area contributed by atoms with Gasteiger partial charge in [0, 0.05) is 17.9 Å². The molecule has 0 radical (unpaired) electrons. The highest BCUT2D eigenvalue weighted by Crippen LogP contribution is 2.47. The molecule has 0 N–H and O–H groups in total. The van der Waals surface area contributed by atoms with Gasteiger partial charge >= 0.3 is 5.97 Å². The van der Waals surface area contributed by atoms with E-state index in [1.54, 1.807) is 12.1 Å². The average molecular weight is 412 g/mol. The molecule has 152 valence electrons. The van der Waals surface area contributed by atoms with Crippen LogP contribution in [0.2, 0.25) is 0 Å². The second-order valence-electron chi connectivity index (χ2n) is 7.45. The lowest BCUT2D eigenvalue weighted by molar-refractivity contribution is 0.0511. The number of benzene rings is 2. The third-order valence-corrected chi connectivity index (χ3v) is 7.29. The number of amides is 1. The fourth-order valence-electron chi connectivity index (χ4n) is 4.19. The van der Waals surface area contributed by atoms with Gasteiger partial charge in [-0.05, 0) is 62.1 Å². The van der Waals surface area contributed by atoms with Crippen LogP contribution in [0.3, 0.4) is 0 Å². The number of methoxy groups -OCH3 is 1. The zero-order valence-electron chi connectivity index (χ0n) is 16.5. The normalized spacial score (nSPS) is 23.8. The summed E-state index contributed by atoms with van der Waals surface area (Å²) in [5.74, 6) is 1.53. The molecular weight excluding hydrogens is 386 g/mol. The highest BCUT2D eigenvalue weighted by Gasteiger charge is 2.47. The van der Waals surface area contributed by atoms with Crippen LogP contribution >= 0.6 is 11.8 Å². The standard InChI is InChI=1S/C23H25NO4S/c1-27-22(26)18-7-9-19(10-8-18)28-20-11-13-23(14-12-20)24(15-16-29-23)21(25)17-5-3-2-4-6-17/h2-10,20H,11-16H2,1H3. The number of thioether (sulfide) groups is 1. The number of hydrogen-bond acceptors (Lipinski definition) is 5. The van der Waals surface area contributed by atoms with E-state index in [1.165, 1.54) is 7.11 Å². The fourth-order valence-corrected chi connectivity index (χ4v) is 5.69. The zero-order chi connectivity index (χ0) is 20.3. The Morgan fingerprint density at radius 3 is 2.34 bits per heavy atom. The summed E-state index contributed by atoms with van der Waals surface area (Å²) in [6, 6.07) is 16.6. The van der Waals surface area contributed by atoms with Crippen LogP contribution in [0.25, 0.3) is 0 Å². The molecule has 5 nitrogen and oxygen atoms in total. The Kier molecular flexibility index (Phi) is 5.81. The molecule has 1 aliphatic carbocycles. The number of nitrogens with zero attached hydrogens (tertiary/aromatic N) is 1. The molecular formula is C23H25NO4S. The molecule has 2 aromatic rings. The average Bonchev–Trinajstić information content (AvgIpc) is 3.18. The SMILES string of the molecule is COC(=O)c1ccc(OC2CCC3(CC2)SCCN3C(=O)c2ccccc2)cc1. The minimum absolute atomic E-state index is 0.110. The maximum atomic E-state index is 13.0. The molecule has 1 saturated carbocycles.